The van der Waals surface area contributed by atoms with E-state index in [1.165, 1.54) is 17.0 Å². The summed E-state index contributed by atoms with van der Waals surface area (Å²) in [4.78, 5) is 10.9. The normalized spacial score (nSPS) is 16.1. The van der Waals surface area contributed by atoms with E-state index in [9.17, 15) is 0 Å². The third-order valence-electron chi connectivity index (χ3n) is 3.58. The lowest BCUT2D eigenvalue weighted by atomic mass is 10.2. The molecule has 2 aromatic rings. The van der Waals surface area contributed by atoms with Crippen molar-refractivity contribution in [3.8, 4) is 16.6 Å². The molecule has 1 saturated heterocycles. The third kappa shape index (κ3) is 2.67. The molecular formula is C15H16N4S. The van der Waals surface area contributed by atoms with Gasteiger partial charge >= 0.3 is 0 Å². The molecule has 0 aromatic carbocycles. The van der Waals surface area contributed by atoms with Crippen molar-refractivity contribution in [2.24, 2.45) is 0 Å². The maximum Gasteiger partial charge on any atom is 0.110 e. The zero-order chi connectivity index (χ0) is 13.9. The van der Waals surface area contributed by atoms with Crippen molar-refractivity contribution in [1.82, 2.24) is 9.88 Å². The van der Waals surface area contributed by atoms with Gasteiger partial charge in [0.05, 0.1) is 10.6 Å². The molecule has 4 nitrogen and oxygen atoms in total. The number of aromatic nitrogens is 1. The van der Waals surface area contributed by atoms with Gasteiger partial charge in [-0.2, -0.15) is 5.26 Å². The second-order valence-corrected chi connectivity index (χ2v) is 6.05. The average molecular weight is 284 g/mol. The minimum absolute atomic E-state index is 0.729. The highest BCUT2D eigenvalue weighted by molar-refractivity contribution is 7.15. The number of anilines is 1. The molecule has 0 amide bonds. The number of rotatable bonds is 2. The number of piperazine rings is 1. The standard InChI is InChI=1S/C15H16N4S/c1-18-6-8-19(9-7-18)12-4-5-17-14(10-12)15-3-2-13(11-16)20-15/h2-5,10H,6-9H2,1H3. The molecule has 0 radical (unpaired) electrons. The van der Waals surface area contributed by atoms with E-state index in [-0.39, 0.29) is 0 Å². The molecule has 102 valence electrons. The number of pyridine rings is 1. The van der Waals surface area contributed by atoms with Gasteiger partial charge in [-0.3, -0.25) is 4.98 Å². The van der Waals surface area contributed by atoms with E-state index in [4.69, 9.17) is 5.26 Å². The molecule has 1 fully saturated rings. The van der Waals surface area contributed by atoms with Crippen LogP contribution in [0.5, 0.6) is 0 Å². The lowest BCUT2D eigenvalue weighted by Gasteiger charge is -2.34. The van der Waals surface area contributed by atoms with Gasteiger partial charge in [-0.25, -0.2) is 0 Å². The molecule has 0 N–H and O–H groups in total. The molecular weight excluding hydrogens is 268 g/mol. The summed E-state index contributed by atoms with van der Waals surface area (Å²) in [6.45, 7) is 4.28. The van der Waals surface area contributed by atoms with Crippen LogP contribution < -0.4 is 4.90 Å². The molecule has 1 aliphatic rings. The molecule has 3 heterocycles. The van der Waals surface area contributed by atoms with E-state index < -0.39 is 0 Å². The van der Waals surface area contributed by atoms with E-state index in [2.05, 4.69) is 40.0 Å². The van der Waals surface area contributed by atoms with Crippen molar-refractivity contribution in [1.29, 1.82) is 5.26 Å². The van der Waals surface area contributed by atoms with Crippen LogP contribution in [0.15, 0.2) is 30.5 Å². The molecule has 5 heteroatoms. The predicted octanol–water partition coefficient (Wildman–Crippen LogP) is 2.43. The van der Waals surface area contributed by atoms with Gasteiger partial charge in [0.1, 0.15) is 10.9 Å². The van der Waals surface area contributed by atoms with E-state index in [1.807, 2.05) is 18.3 Å². The van der Waals surface area contributed by atoms with Gasteiger partial charge in [-0.1, -0.05) is 0 Å². The van der Waals surface area contributed by atoms with E-state index in [0.29, 0.717) is 0 Å². The van der Waals surface area contributed by atoms with Crippen molar-refractivity contribution in [2.75, 3.05) is 38.1 Å². The first kappa shape index (κ1) is 13.1. The molecule has 0 bridgehead atoms. The lowest BCUT2D eigenvalue weighted by Crippen LogP contribution is -2.44. The summed E-state index contributed by atoms with van der Waals surface area (Å²) in [7, 11) is 2.16. The Kier molecular flexibility index (Phi) is 3.68. The summed E-state index contributed by atoms with van der Waals surface area (Å²) in [6.07, 6.45) is 1.86. The molecule has 0 aliphatic carbocycles. The largest absolute Gasteiger partial charge is 0.369 e. The van der Waals surface area contributed by atoms with Crippen molar-refractivity contribution < 1.29 is 0 Å². The number of hydrogen-bond donors (Lipinski definition) is 0. The second-order valence-electron chi connectivity index (χ2n) is 4.97. The summed E-state index contributed by atoms with van der Waals surface area (Å²) < 4.78 is 0. The first-order valence-electron chi connectivity index (χ1n) is 6.66. The summed E-state index contributed by atoms with van der Waals surface area (Å²) in [5.41, 5.74) is 2.17. The Morgan fingerprint density at radius 3 is 2.70 bits per heavy atom. The highest BCUT2D eigenvalue weighted by Crippen LogP contribution is 2.28. The highest BCUT2D eigenvalue weighted by atomic mass is 32.1. The molecule has 0 spiro atoms. The Labute approximate surface area is 122 Å². The first-order chi connectivity index (χ1) is 9.76. The van der Waals surface area contributed by atoms with Gasteiger partial charge < -0.3 is 9.80 Å². The van der Waals surface area contributed by atoms with Crippen LogP contribution in [0.2, 0.25) is 0 Å². The second kappa shape index (κ2) is 5.61. The number of nitrogens with zero attached hydrogens (tertiary/aromatic N) is 4. The number of nitriles is 1. The SMILES string of the molecule is CN1CCN(c2ccnc(-c3ccc(C#N)s3)c2)CC1. The van der Waals surface area contributed by atoms with Crippen molar-refractivity contribution >= 4 is 17.0 Å². The summed E-state index contributed by atoms with van der Waals surface area (Å²) in [5.74, 6) is 0. The van der Waals surface area contributed by atoms with Crippen LogP contribution in [0.3, 0.4) is 0 Å². The Balaban J connectivity index is 1.84. The van der Waals surface area contributed by atoms with Crippen LogP contribution in [0.4, 0.5) is 5.69 Å². The Hall–Kier alpha value is -1.90. The van der Waals surface area contributed by atoms with Gasteiger partial charge in [0.2, 0.25) is 0 Å². The lowest BCUT2D eigenvalue weighted by molar-refractivity contribution is 0.313. The third-order valence-corrected chi connectivity index (χ3v) is 4.59. The fraction of sp³-hybridized carbons (Fsp3) is 0.333. The minimum Gasteiger partial charge on any atom is -0.369 e. The molecule has 1 aliphatic heterocycles. The van der Waals surface area contributed by atoms with Crippen molar-refractivity contribution in [2.45, 2.75) is 0 Å². The van der Waals surface area contributed by atoms with E-state index in [0.717, 1.165) is 41.6 Å². The van der Waals surface area contributed by atoms with Gasteiger partial charge in [-0.05, 0) is 31.3 Å². The molecule has 0 atom stereocenters. The van der Waals surface area contributed by atoms with E-state index >= 15 is 0 Å². The van der Waals surface area contributed by atoms with Gasteiger partial charge in [-0.15, -0.1) is 11.3 Å². The maximum absolute atomic E-state index is 8.91. The molecule has 0 saturated carbocycles. The van der Waals surface area contributed by atoms with Crippen molar-refractivity contribution in [3.05, 3.63) is 35.3 Å². The van der Waals surface area contributed by atoms with E-state index in [1.54, 1.807) is 0 Å². The Bertz CT molecular complexity index is 635. The Morgan fingerprint density at radius 1 is 1.20 bits per heavy atom. The fourth-order valence-electron chi connectivity index (χ4n) is 2.35. The number of hydrogen-bond acceptors (Lipinski definition) is 5. The summed E-state index contributed by atoms with van der Waals surface area (Å²) in [5, 5.41) is 8.91. The van der Waals surface area contributed by atoms with Gasteiger partial charge in [0.25, 0.3) is 0 Å². The highest BCUT2D eigenvalue weighted by Gasteiger charge is 2.15. The summed E-state index contributed by atoms with van der Waals surface area (Å²) >= 11 is 1.49. The van der Waals surface area contributed by atoms with Crippen LogP contribution >= 0.6 is 11.3 Å². The fourth-order valence-corrected chi connectivity index (χ4v) is 3.12. The monoisotopic (exact) mass is 284 g/mol. The number of thiophene rings is 1. The van der Waals surface area contributed by atoms with Crippen LogP contribution in [0.25, 0.3) is 10.6 Å². The summed E-state index contributed by atoms with van der Waals surface area (Å²) in [6, 6.07) is 10.2. The topological polar surface area (TPSA) is 43.2 Å². The van der Waals surface area contributed by atoms with Crippen LogP contribution in [0, 0.1) is 11.3 Å². The minimum atomic E-state index is 0.729. The van der Waals surface area contributed by atoms with Crippen LogP contribution in [-0.2, 0) is 0 Å². The number of likely N-dealkylation sites (N-methyl/N-ethyl adjacent to an activating group) is 1. The van der Waals surface area contributed by atoms with Crippen LogP contribution in [-0.4, -0.2) is 43.1 Å². The zero-order valence-electron chi connectivity index (χ0n) is 11.4. The smallest absolute Gasteiger partial charge is 0.110 e. The van der Waals surface area contributed by atoms with Crippen molar-refractivity contribution in [3.63, 3.8) is 0 Å². The zero-order valence-corrected chi connectivity index (χ0v) is 12.2. The van der Waals surface area contributed by atoms with Gasteiger partial charge in [0, 0.05) is 38.1 Å². The van der Waals surface area contributed by atoms with Crippen LogP contribution in [0.1, 0.15) is 4.88 Å². The molecule has 3 rings (SSSR count). The first-order valence-corrected chi connectivity index (χ1v) is 7.48. The predicted molar refractivity (Wildman–Crippen MR) is 82.0 cm³/mol. The molecule has 20 heavy (non-hydrogen) atoms. The average Bonchev–Trinajstić information content (AvgIpc) is 2.97. The molecule has 0 unspecified atom stereocenters. The maximum atomic E-state index is 8.91. The molecule has 2 aromatic heterocycles. The Morgan fingerprint density at radius 2 is 2.00 bits per heavy atom. The quantitative estimate of drug-likeness (QED) is 0.849. The van der Waals surface area contributed by atoms with Gasteiger partial charge in [0.15, 0.2) is 0 Å².